The number of carbonyl (C=O) groups is 4. The first-order valence-electron chi connectivity index (χ1n) is 30.2. The van der Waals surface area contributed by atoms with Crippen LogP contribution in [0.3, 0.4) is 0 Å². The predicted molar refractivity (Wildman–Crippen MR) is 309 cm³/mol. The largest absolute Gasteiger partial charge is 0.427 e. The minimum absolute atomic E-state index is 0.0210. The lowest BCUT2D eigenvalue weighted by Crippen LogP contribution is -2.54. The number of allylic oxidation sites excluding steroid dienone is 5. The van der Waals surface area contributed by atoms with Gasteiger partial charge in [0.2, 0.25) is 0 Å². The van der Waals surface area contributed by atoms with Gasteiger partial charge in [-0.3, -0.25) is 14.5 Å². The second-order valence-corrected chi connectivity index (χ2v) is 27.7. The highest BCUT2D eigenvalue weighted by molar-refractivity contribution is 8.76. The maximum atomic E-state index is 15.6. The molecule has 3 saturated carbocycles. The minimum atomic E-state index is -1.01. The van der Waals surface area contributed by atoms with Crippen LogP contribution in [0.4, 0.5) is 0 Å². The van der Waals surface area contributed by atoms with E-state index in [4.69, 9.17) is 9.47 Å². The lowest BCUT2D eigenvalue weighted by atomic mass is 9.43. The van der Waals surface area contributed by atoms with E-state index in [2.05, 4.69) is 59.0 Å². The smallest absolute Gasteiger partial charge is 0.340 e. The molecule has 6 N–H and O–H groups in total. The Morgan fingerprint density at radius 1 is 0.925 bits per heavy atom. The Labute approximate surface area is 479 Å². The van der Waals surface area contributed by atoms with Crippen LogP contribution in [-0.2, 0) is 35.1 Å². The number of carbonyl (C=O) groups excluding carboxylic acids is 4. The van der Waals surface area contributed by atoms with Gasteiger partial charge in [-0.2, -0.15) is 0 Å². The zero-order chi connectivity index (χ0) is 55.3. The van der Waals surface area contributed by atoms with Gasteiger partial charge in [0, 0.05) is 73.7 Å². The van der Waals surface area contributed by atoms with Crippen molar-refractivity contribution in [2.45, 2.75) is 141 Å². The summed E-state index contributed by atoms with van der Waals surface area (Å²) in [5.74, 6) is 7.83. The van der Waals surface area contributed by atoms with Gasteiger partial charge < -0.3 is 40.7 Å². The van der Waals surface area contributed by atoms with E-state index in [0.717, 1.165) is 98.7 Å². The second-order valence-electron chi connectivity index (χ2n) is 25.2. The number of ether oxygens (including phenoxy) is 2. The molecule has 7 aliphatic carbocycles. The molecular formula is C65H80N4O9S2. The fraction of sp³-hybridized carbons (Fsp3) is 0.600. The molecule has 426 valence electrons. The Hall–Kier alpha value is -4.82. The maximum absolute atomic E-state index is 15.6. The molecule has 80 heavy (non-hydrogen) atoms. The average Bonchev–Trinajstić information content (AvgIpc) is 4.41. The van der Waals surface area contributed by atoms with Crippen molar-refractivity contribution in [2.75, 3.05) is 32.1 Å². The van der Waals surface area contributed by atoms with Crippen molar-refractivity contribution in [2.24, 2.45) is 70.0 Å². The molecule has 0 aromatic heterocycles. The number of rotatable bonds is 12. The SMILES string of the molecule is CCC1(C=C2OC(=O)C3=C2CCC2C4CCC5(C6=CCC(C7CCC8CC(CO)CC(C(O)Cc9ccccc9)C#CCC7C8)C(NCC(C)O)SSCNC7=CC(=CCN7)C(CN7C(=O)C=CC7=O)C4=C5C(=O)O6)C32)CCCC1. The van der Waals surface area contributed by atoms with Crippen molar-refractivity contribution < 1.29 is 44.0 Å². The Kier molecular flexibility index (Phi) is 16.3. The predicted octanol–water partition coefficient (Wildman–Crippen LogP) is 9.07. The van der Waals surface area contributed by atoms with E-state index in [1.165, 1.54) is 17.1 Å². The fourth-order valence-corrected chi connectivity index (χ4v) is 19.5. The van der Waals surface area contributed by atoms with Gasteiger partial charge in [-0.1, -0.05) is 90.1 Å². The second kappa shape index (κ2) is 23.4. The van der Waals surface area contributed by atoms with Crippen molar-refractivity contribution >= 4 is 45.3 Å². The van der Waals surface area contributed by atoms with Crippen LogP contribution in [0.25, 0.3) is 0 Å². The highest BCUT2D eigenvalue weighted by Gasteiger charge is 2.69. The highest BCUT2D eigenvalue weighted by atomic mass is 33.1. The molecule has 4 fully saturated rings. The molecule has 1 aromatic rings. The number of nitrogens with zero attached hydrogens (tertiary/aromatic N) is 1. The normalized spacial score (nSPS) is 35.9. The average molecular weight is 1130 g/mol. The van der Waals surface area contributed by atoms with E-state index in [-0.39, 0.29) is 89.1 Å². The maximum Gasteiger partial charge on any atom is 0.340 e. The van der Waals surface area contributed by atoms with Crippen LogP contribution >= 0.6 is 21.6 Å². The molecule has 5 heterocycles. The number of imide groups is 1. The molecule has 13 nitrogen and oxygen atoms in total. The molecule has 13 rings (SSSR count). The van der Waals surface area contributed by atoms with Crippen LogP contribution in [0.2, 0.25) is 0 Å². The zero-order valence-electron chi connectivity index (χ0n) is 46.5. The topological polar surface area (TPSA) is 187 Å². The van der Waals surface area contributed by atoms with Crippen molar-refractivity contribution in [1.82, 2.24) is 20.9 Å². The number of hydrogen-bond acceptors (Lipinski definition) is 14. The number of esters is 2. The molecule has 14 unspecified atom stereocenters. The van der Waals surface area contributed by atoms with Crippen molar-refractivity contribution in [3.8, 4) is 11.8 Å². The van der Waals surface area contributed by atoms with Gasteiger partial charge in [0.25, 0.3) is 11.8 Å². The number of amides is 2. The quantitative estimate of drug-likeness (QED) is 0.0504. The molecule has 1 spiro atoms. The summed E-state index contributed by atoms with van der Waals surface area (Å²) in [5, 5.41) is 44.4. The first kappa shape index (κ1) is 55.7. The standard InChI is InChI=1S/C65H80N4O9S2/c1-3-64(24-7-8-25-64)33-52-49-17-16-47-46-22-26-65(59(47)58(49)62(75)77-52)53-19-18-48(45-15-14-40-28-41(36-70)30-44(13-9-12-42(45)29-40)51(72)31-39-10-5-4-6-11-39)61(67-34-38(2)71)80-79-37-68-54-32-43(23-27-66-54)50(57(46)60(65)63(76)78-53)35-69-55(73)20-21-56(69)74/h4-6,10-11,19-21,23,32-33,38,40-42,44-48,50-51,59,61,66-68,70-72H,3,7-8,12,14-18,22,24-31,34-37H2,1-2H3. The van der Waals surface area contributed by atoms with Gasteiger partial charge >= 0.3 is 11.9 Å². The van der Waals surface area contributed by atoms with E-state index >= 15 is 4.79 Å². The Bertz CT molecular complexity index is 2890. The fourth-order valence-electron chi connectivity index (χ4n) is 17.0. The number of aliphatic hydroxyl groups is 3. The summed E-state index contributed by atoms with van der Waals surface area (Å²) in [6.45, 7) is 5.05. The van der Waals surface area contributed by atoms with E-state index in [0.29, 0.717) is 86.1 Å². The van der Waals surface area contributed by atoms with Crippen LogP contribution in [-0.4, -0.2) is 93.7 Å². The van der Waals surface area contributed by atoms with Crippen LogP contribution in [0.1, 0.15) is 122 Å². The van der Waals surface area contributed by atoms with Gasteiger partial charge in [-0.05, 0) is 172 Å². The number of cyclic esters (lactones) is 1. The lowest BCUT2D eigenvalue weighted by Gasteiger charge is -2.57. The van der Waals surface area contributed by atoms with Gasteiger partial charge in [-0.15, -0.1) is 5.92 Å². The van der Waals surface area contributed by atoms with E-state index < -0.39 is 29.5 Å². The third-order valence-corrected chi connectivity index (χ3v) is 23.3. The van der Waals surface area contributed by atoms with Gasteiger partial charge in [0.05, 0.1) is 40.3 Å². The molecule has 14 atom stereocenters. The summed E-state index contributed by atoms with van der Waals surface area (Å²) in [7, 11) is 3.47. The Morgan fingerprint density at radius 3 is 2.51 bits per heavy atom. The number of hydrogen-bond donors (Lipinski definition) is 6. The summed E-state index contributed by atoms with van der Waals surface area (Å²) >= 11 is 0. The van der Waals surface area contributed by atoms with E-state index in [1.807, 2.05) is 37.3 Å². The third-order valence-electron chi connectivity index (χ3n) is 20.8. The van der Waals surface area contributed by atoms with E-state index in [9.17, 15) is 29.7 Å². The summed E-state index contributed by atoms with van der Waals surface area (Å²) in [6.07, 6.45) is 24.4. The summed E-state index contributed by atoms with van der Waals surface area (Å²) in [4.78, 5) is 59.0. The summed E-state index contributed by atoms with van der Waals surface area (Å²) in [6, 6.07) is 10.1. The molecule has 5 aliphatic heterocycles. The lowest BCUT2D eigenvalue weighted by molar-refractivity contribution is -0.138. The third kappa shape index (κ3) is 10.5. The molecule has 2 amide bonds. The monoisotopic (exact) mass is 1120 g/mol. The highest BCUT2D eigenvalue weighted by Crippen LogP contribution is 2.72. The number of fused-ring (bicyclic) bond motifs is 4. The van der Waals surface area contributed by atoms with E-state index in [1.54, 1.807) is 21.6 Å². The van der Waals surface area contributed by atoms with Crippen LogP contribution in [0, 0.1) is 81.8 Å². The van der Waals surface area contributed by atoms with Crippen molar-refractivity contribution in [3.05, 3.63) is 118 Å². The molecule has 15 heteroatoms. The Morgan fingerprint density at radius 2 is 1.74 bits per heavy atom. The van der Waals surface area contributed by atoms with Crippen molar-refractivity contribution in [1.29, 1.82) is 0 Å². The van der Waals surface area contributed by atoms with Crippen LogP contribution in [0.15, 0.2) is 112 Å². The number of dihydropyridines is 1. The van der Waals surface area contributed by atoms with Crippen LogP contribution < -0.4 is 16.0 Å². The molecule has 0 radical (unpaired) electrons. The molecular weight excluding hydrogens is 1040 g/mol. The molecule has 9 bridgehead atoms. The Balaban J connectivity index is 0.990. The first-order valence-corrected chi connectivity index (χ1v) is 32.5. The number of nitrogens with one attached hydrogen (secondary N) is 3. The summed E-state index contributed by atoms with van der Waals surface area (Å²) < 4.78 is 13.4. The minimum Gasteiger partial charge on any atom is -0.427 e. The molecule has 1 saturated heterocycles. The zero-order valence-corrected chi connectivity index (χ0v) is 48.1. The van der Waals surface area contributed by atoms with Gasteiger partial charge in [0.15, 0.2) is 0 Å². The number of benzene rings is 1. The van der Waals surface area contributed by atoms with Gasteiger partial charge in [0.1, 0.15) is 11.5 Å². The van der Waals surface area contributed by atoms with Crippen LogP contribution in [0.5, 0.6) is 0 Å². The molecule has 12 aliphatic rings. The first-order chi connectivity index (χ1) is 38.9. The van der Waals surface area contributed by atoms with Gasteiger partial charge in [-0.25, -0.2) is 9.59 Å². The number of aliphatic hydroxyl groups excluding tert-OH is 3. The van der Waals surface area contributed by atoms with Crippen molar-refractivity contribution in [3.63, 3.8) is 0 Å². The molecule has 1 aromatic carbocycles. The summed E-state index contributed by atoms with van der Waals surface area (Å²) in [5.41, 5.74) is 4.14.